The van der Waals surface area contributed by atoms with Crippen LogP contribution in [0.2, 0.25) is 0 Å². The number of hydrogen-bond donors (Lipinski definition) is 2. The maximum atomic E-state index is 12.9. The van der Waals surface area contributed by atoms with Crippen molar-refractivity contribution in [1.82, 2.24) is 0 Å². The van der Waals surface area contributed by atoms with E-state index in [9.17, 15) is 28.2 Å². The molecule has 0 saturated heterocycles. The predicted octanol–water partition coefficient (Wildman–Crippen LogP) is 3.83. The van der Waals surface area contributed by atoms with E-state index in [0.29, 0.717) is 5.56 Å². The van der Waals surface area contributed by atoms with Gasteiger partial charge >= 0.3 is 22.1 Å². The average molecular weight is 517 g/mol. The quantitative estimate of drug-likeness (QED) is 0.361. The number of carboxylic acids is 2. The monoisotopic (exact) mass is 516 g/mol. The smallest absolute Gasteiger partial charge is 0.339 e. The van der Waals surface area contributed by atoms with E-state index in [-0.39, 0.29) is 45.6 Å². The molecule has 0 aliphatic heterocycles. The molecule has 3 aromatic rings. The van der Waals surface area contributed by atoms with Crippen molar-refractivity contribution in [3.63, 3.8) is 0 Å². The van der Waals surface area contributed by atoms with Crippen LogP contribution in [0.15, 0.2) is 59.5 Å². The summed E-state index contributed by atoms with van der Waals surface area (Å²) in [5, 5.41) is 18.5. The topological polar surface area (TPSA) is 146 Å². The molecule has 0 spiro atoms. The lowest BCUT2D eigenvalue weighted by molar-refractivity contribution is -0.137. The van der Waals surface area contributed by atoms with Gasteiger partial charge in [-0.3, -0.25) is 9.59 Å². The first-order chi connectivity index (χ1) is 17.0. The van der Waals surface area contributed by atoms with Crippen LogP contribution in [0, 0.1) is 6.92 Å². The van der Waals surface area contributed by atoms with Gasteiger partial charge in [0.1, 0.15) is 10.6 Å². The predicted molar refractivity (Wildman–Crippen MR) is 128 cm³/mol. The summed E-state index contributed by atoms with van der Waals surface area (Å²) in [5.41, 5.74) is 1.37. The van der Waals surface area contributed by atoms with E-state index in [1.165, 1.54) is 56.7 Å². The summed E-state index contributed by atoms with van der Waals surface area (Å²) in [5.74, 6) is -2.09. The van der Waals surface area contributed by atoms with Crippen molar-refractivity contribution in [2.45, 2.75) is 24.7 Å². The summed E-state index contributed by atoms with van der Waals surface area (Å²) >= 11 is 0. The van der Waals surface area contributed by atoms with Crippen molar-refractivity contribution < 1.29 is 46.6 Å². The second kappa shape index (κ2) is 11.0. The molecule has 0 aliphatic rings. The molecular formula is C25H24O10S. The summed E-state index contributed by atoms with van der Waals surface area (Å²) in [6.45, 7) is 1.81. The van der Waals surface area contributed by atoms with Gasteiger partial charge in [0.2, 0.25) is 0 Å². The lowest BCUT2D eigenvalue weighted by Gasteiger charge is -2.17. The molecule has 36 heavy (non-hydrogen) atoms. The van der Waals surface area contributed by atoms with Crippen LogP contribution >= 0.6 is 0 Å². The highest BCUT2D eigenvalue weighted by Gasteiger charge is 2.22. The number of carboxylic acid groups (broad SMARTS) is 2. The Morgan fingerprint density at radius 3 is 1.94 bits per heavy atom. The molecule has 0 aliphatic carbocycles. The van der Waals surface area contributed by atoms with Gasteiger partial charge in [0.05, 0.1) is 27.1 Å². The lowest BCUT2D eigenvalue weighted by atomic mass is 10.1. The number of methoxy groups -OCH3 is 2. The molecule has 0 heterocycles. The van der Waals surface area contributed by atoms with Crippen LogP contribution < -0.4 is 18.4 Å². The SMILES string of the molecule is COc1cc(CC(=O)O)c(Oc2cc(CC(=O)O)ccc2OS(=O)(=O)c2ccc(C)cc2)cc1OC. The zero-order valence-corrected chi connectivity index (χ0v) is 20.5. The number of aliphatic carboxylic acids is 2. The second-order valence-electron chi connectivity index (χ2n) is 7.69. The number of benzene rings is 3. The zero-order valence-electron chi connectivity index (χ0n) is 19.7. The minimum absolute atomic E-state index is 0.0279. The highest BCUT2D eigenvalue weighted by molar-refractivity contribution is 7.87. The van der Waals surface area contributed by atoms with Gasteiger partial charge in [0, 0.05) is 11.6 Å². The normalized spacial score (nSPS) is 11.0. The maximum Gasteiger partial charge on any atom is 0.339 e. The van der Waals surface area contributed by atoms with Gasteiger partial charge in [-0.2, -0.15) is 8.42 Å². The van der Waals surface area contributed by atoms with Crippen molar-refractivity contribution in [2.75, 3.05) is 14.2 Å². The Bertz CT molecular complexity index is 1380. The molecule has 0 fully saturated rings. The largest absolute Gasteiger partial charge is 0.493 e. The molecule has 3 rings (SSSR count). The molecular weight excluding hydrogens is 492 g/mol. The van der Waals surface area contributed by atoms with Crippen LogP contribution in [0.5, 0.6) is 28.7 Å². The summed E-state index contributed by atoms with van der Waals surface area (Å²) in [6.07, 6.45) is -0.808. The fourth-order valence-corrected chi connectivity index (χ4v) is 4.21. The van der Waals surface area contributed by atoms with Gasteiger partial charge < -0.3 is 28.6 Å². The maximum absolute atomic E-state index is 12.9. The Morgan fingerprint density at radius 1 is 0.750 bits per heavy atom. The van der Waals surface area contributed by atoms with E-state index in [0.717, 1.165) is 5.56 Å². The fourth-order valence-electron chi connectivity index (χ4n) is 3.27. The molecule has 190 valence electrons. The summed E-state index contributed by atoms with van der Waals surface area (Å²) < 4.78 is 47.6. The lowest BCUT2D eigenvalue weighted by Crippen LogP contribution is -2.11. The van der Waals surface area contributed by atoms with Crippen molar-refractivity contribution >= 4 is 22.1 Å². The molecule has 0 saturated carbocycles. The second-order valence-corrected chi connectivity index (χ2v) is 9.24. The van der Waals surface area contributed by atoms with Crippen LogP contribution in [-0.2, 0) is 32.5 Å². The number of hydrogen-bond acceptors (Lipinski definition) is 8. The molecule has 0 radical (unpaired) electrons. The van der Waals surface area contributed by atoms with Gasteiger partial charge in [0.15, 0.2) is 23.0 Å². The van der Waals surface area contributed by atoms with Gasteiger partial charge in [0.25, 0.3) is 0 Å². The number of aryl methyl sites for hydroxylation is 1. The molecule has 0 bridgehead atoms. The minimum atomic E-state index is -4.27. The number of carbonyl (C=O) groups is 2. The highest BCUT2D eigenvalue weighted by atomic mass is 32.2. The van der Waals surface area contributed by atoms with Crippen LogP contribution in [-0.4, -0.2) is 44.8 Å². The molecule has 3 aromatic carbocycles. The average Bonchev–Trinajstić information content (AvgIpc) is 2.81. The molecule has 0 amide bonds. The molecule has 10 nitrogen and oxygen atoms in total. The first-order valence-electron chi connectivity index (χ1n) is 10.5. The Balaban J connectivity index is 2.10. The fraction of sp³-hybridized carbons (Fsp3) is 0.200. The van der Waals surface area contributed by atoms with E-state index in [1.54, 1.807) is 12.1 Å². The van der Waals surface area contributed by atoms with E-state index in [1.807, 2.05) is 6.92 Å². The summed E-state index contributed by atoms with van der Waals surface area (Å²) in [4.78, 5) is 22.6. The van der Waals surface area contributed by atoms with Crippen LogP contribution in [0.4, 0.5) is 0 Å². The third kappa shape index (κ3) is 6.45. The van der Waals surface area contributed by atoms with Crippen molar-refractivity contribution in [2.24, 2.45) is 0 Å². The molecule has 0 unspecified atom stereocenters. The minimum Gasteiger partial charge on any atom is -0.493 e. The zero-order chi connectivity index (χ0) is 26.5. The molecule has 11 heteroatoms. The standard InChI is InChI=1S/C25H24O10S/c1-15-4-7-18(8-5-15)36(30,31)35-19-9-6-16(11-24(26)27)10-23(19)34-20-14-22(33-3)21(32-2)12-17(20)13-25(28)29/h4-10,12,14H,11,13H2,1-3H3,(H,26,27)(H,28,29). The first kappa shape index (κ1) is 26.4. The van der Waals surface area contributed by atoms with Crippen LogP contribution in [0.25, 0.3) is 0 Å². The number of rotatable bonds is 11. The first-order valence-corrected chi connectivity index (χ1v) is 11.9. The summed E-state index contributed by atoms with van der Waals surface area (Å²) in [6, 6.07) is 12.8. The molecule has 2 N–H and O–H groups in total. The van der Waals surface area contributed by atoms with E-state index in [2.05, 4.69) is 0 Å². The Labute approximate surface area is 207 Å². The summed E-state index contributed by atoms with van der Waals surface area (Å²) in [7, 11) is -1.50. The van der Waals surface area contributed by atoms with Crippen molar-refractivity contribution in [3.05, 3.63) is 71.3 Å². The van der Waals surface area contributed by atoms with Crippen molar-refractivity contribution in [1.29, 1.82) is 0 Å². The van der Waals surface area contributed by atoms with E-state index >= 15 is 0 Å². The van der Waals surface area contributed by atoms with E-state index in [4.69, 9.17) is 18.4 Å². The van der Waals surface area contributed by atoms with Gasteiger partial charge in [-0.1, -0.05) is 23.8 Å². The highest BCUT2D eigenvalue weighted by Crippen LogP contribution is 2.40. The van der Waals surface area contributed by atoms with Crippen LogP contribution in [0.3, 0.4) is 0 Å². The van der Waals surface area contributed by atoms with Crippen LogP contribution in [0.1, 0.15) is 16.7 Å². The Morgan fingerprint density at radius 2 is 1.36 bits per heavy atom. The third-order valence-corrected chi connectivity index (χ3v) is 6.25. The Hall–Kier alpha value is -4.25. The van der Waals surface area contributed by atoms with Gasteiger partial charge in [-0.15, -0.1) is 0 Å². The molecule has 0 atom stereocenters. The van der Waals surface area contributed by atoms with E-state index < -0.39 is 28.5 Å². The van der Waals surface area contributed by atoms with Gasteiger partial charge in [-0.25, -0.2) is 0 Å². The van der Waals surface area contributed by atoms with Gasteiger partial charge in [-0.05, 0) is 42.8 Å². The number of ether oxygens (including phenoxy) is 3. The van der Waals surface area contributed by atoms with Crippen molar-refractivity contribution in [3.8, 4) is 28.7 Å². The third-order valence-electron chi connectivity index (χ3n) is 5.00. The molecule has 0 aromatic heterocycles. The Kier molecular flexibility index (Phi) is 8.05.